The summed E-state index contributed by atoms with van der Waals surface area (Å²) in [6.45, 7) is 0.980. The van der Waals surface area contributed by atoms with Crippen LogP contribution in [0.5, 0.6) is 0 Å². The molecule has 1 aromatic rings. The summed E-state index contributed by atoms with van der Waals surface area (Å²) in [6, 6.07) is 9.47. The summed E-state index contributed by atoms with van der Waals surface area (Å²) in [7, 11) is 2.11. The first kappa shape index (κ1) is 14.4. The SMILES string of the molecule is CNC(CCCC1CCCO1)C1Cc2ccccc2S1. The molecule has 2 aliphatic rings. The number of fused-ring (bicyclic) bond motifs is 1. The van der Waals surface area contributed by atoms with Crippen LogP contribution in [0.15, 0.2) is 29.2 Å². The smallest absolute Gasteiger partial charge is 0.0576 e. The van der Waals surface area contributed by atoms with Gasteiger partial charge in [0.1, 0.15) is 0 Å². The zero-order chi connectivity index (χ0) is 13.8. The third kappa shape index (κ3) is 3.38. The Balaban J connectivity index is 1.48. The van der Waals surface area contributed by atoms with Crippen molar-refractivity contribution in [3.05, 3.63) is 29.8 Å². The quantitative estimate of drug-likeness (QED) is 0.864. The van der Waals surface area contributed by atoms with Gasteiger partial charge < -0.3 is 10.1 Å². The molecule has 1 saturated heterocycles. The highest BCUT2D eigenvalue weighted by Crippen LogP contribution is 2.39. The summed E-state index contributed by atoms with van der Waals surface area (Å²) in [5.74, 6) is 0. The van der Waals surface area contributed by atoms with Crippen molar-refractivity contribution in [3.8, 4) is 0 Å². The molecule has 0 aromatic heterocycles. The van der Waals surface area contributed by atoms with Gasteiger partial charge in [-0.1, -0.05) is 18.2 Å². The van der Waals surface area contributed by atoms with Gasteiger partial charge in [-0.2, -0.15) is 0 Å². The molecule has 3 unspecified atom stereocenters. The second-order valence-electron chi connectivity index (χ2n) is 5.93. The topological polar surface area (TPSA) is 21.3 Å². The molecule has 20 heavy (non-hydrogen) atoms. The Bertz CT molecular complexity index is 406. The number of hydrogen-bond acceptors (Lipinski definition) is 3. The molecular weight excluding hydrogens is 266 g/mol. The molecule has 110 valence electrons. The lowest BCUT2D eigenvalue weighted by atomic mass is 9.99. The molecule has 0 spiro atoms. The molecule has 0 radical (unpaired) electrons. The van der Waals surface area contributed by atoms with Crippen molar-refractivity contribution >= 4 is 11.8 Å². The lowest BCUT2D eigenvalue weighted by Gasteiger charge is -2.22. The molecular formula is C17H25NOS. The minimum absolute atomic E-state index is 0.543. The predicted molar refractivity (Wildman–Crippen MR) is 85.5 cm³/mol. The molecule has 2 aliphatic heterocycles. The van der Waals surface area contributed by atoms with Gasteiger partial charge in [0, 0.05) is 22.8 Å². The first-order chi connectivity index (χ1) is 9.86. The highest BCUT2D eigenvalue weighted by Gasteiger charge is 2.28. The van der Waals surface area contributed by atoms with E-state index < -0.39 is 0 Å². The third-order valence-electron chi connectivity index (χ3n) is 4.56. The van der Waals surface area contributed by atoms with Crippen molar-refractivity contribution in [1.82, 2.24) is 5.32 Å². The van der Waals surface area contributed by atoms with Gasteiger partial charge in [-0.3, -0.25) is 0 Å². The van der Waals surface area contributed by atoms with Gasteiger partial charge in [-0.15, -0.1) is 11.8 Å². The first-order valence-electron chi connectivity index (χ1n) is 7.90. The second-order valence-corrected chi connectivity index (χ2v) is 7.21. The van der Waals surface area contributed by atoms with E-state index in [1.807, 2.05) is 0 Å². The predicted octanol–water partition coefficient (Wildman–Crippen LogP) is 3.64. The highest BCUT2D eigenvalue weighted by molar-refractivity contribution is 8.00. The van der Waals surface area contributed by atoms with Crippen molar-refractivity contribution in [1.29, 1.82) is 0 Å². The van der Waals surface area contributed by atoms with Crippen LogP contribution in [0.4, 0.5) is 0 Å². The van der Waals surface area contributed by atoms with Crippen LogP contribution in [0.2, 0.25) is 0 Å². The molecule has 0 amide bonds. The Labute approximate surface area is 126 Å². The Morgan fingerprint density at radius 1 is 1.40 bits per heavy atom. The van der Waals surface area contributed by atoms with E-state index in [0.717, 1.165) is 6.61 Å². The number of hydrogen-bond donors (Lipinski definition) is 1. The molecule has 0 saturated carbocycles. The van der Waals surface area contributed by atoms with E-state index in [9.17, 15) is 0 Å². The average molecular weight is 291 g/mol. The summed E-state index contributed by atoms with van der Waals surface area (Å²) in [4.78, 5) is 1.48. The minimum atomic E-state index is 0.543. The zero-order valence-corrected chi connectivity index (χ0v) is 13.1. The molecule has 1 fully saturated rings. The van der Waals surface area contributed by atoms with Crippen LogP contribution >= 0.6 is 11.8 Å². The number of benzene rings is 1. The van der Waals surface area contributed by atoms with Crippen LogP contribution < -0.4 is 5.32 Å². The van der Waals surface area contributed by atoms with Gasteiger partial charge in [0.05, 0.1) is 6.10 Å². The molecule has 1 N–H and O–H groups in total. The van der Waals surface area contributed by atoms with Gasteiger partial charge in [0.2, 0.25) is 0 Å². The normalized spacial score (nSPS) is 26.6. The average Bonchev–Trinajstić information content (AvgIpc) is 3.12. The number of rotatable bonds is 6. The van der Waals surface area contributed by atoms with Gasteiger partial charge in [-0.05, 0) is 57.2 Å². The number of ether oxygens (including phenoxy) is 1. The molecule has 3 atom stereocenters. The Kier molecular flexibility index (Phi) is 5.03. The van der Waals surface area contributed by atoms with Gasteiger partial charge in [0.25, 0.3) is 0 Å². The molecule has 2 heterocycles. The second kappa shape index (κ2) is 6.97. The standard InChI is InChI=1S/C17H25NOS/c1-18-15(9-4-7-14-8-5-11-19-14)17-12-13-6-2-3-10-16(13)20-17/h2-3,6,10,14-15,17-18H,4-5,7-9,11-12H2,1H3. The van der Waals surface area contributed by atoms with E-state index in [4.69, 9.17) is 4.74 Å². The van der Waals surface area contributed by atoms with E-state index in [1.165, 1.54) is 49.0 Å². The highest BCUT2D eigenvalue weighted by atomic mass is 32.2. The molecule has 1 aromatic carbocycles. The molecule has 3 heteroatoms. The minimum Gasteiger partial charge on any atom is -0.378 e. The summed E-state index contributed by atoms with van der Waals surface area (Å²) < 4.78 is 5.72. The lowest BCUT2D eigenvalue weighted by Crippen LogP contribution is -2.35. The fourth-order valence-corrected chi connectivity index (χ4v) is 4.87. The Morgan fingerprint density at radius 3 is 3.05 bits per heavy atom. The fourth-order valence-electron chi connectivity index (χ4n) is 3.39. The third-order valence-corrected chi connectivity index (χ3v) is 6.01. The van der Waals surface area contributed by atoms with E-state index in [0.29, 0.717) is 17.4 Å². The van der Waals surface area contributed by atoms with Crippen molar-refractivity contribution in [3.63, 3.8) is 0 Å². The summed E-state index contributed by atoms with van der Waals surface area (Å²) in [5, 5.41) is 4.24. The number of nitrogens with one attached hydrogen (secondary N) is 1. The maximum atomic E-state index is 5.72. The van der Waals surface area contributed by atoms with E-state index in [2.05, 4.69) is 48.4 Å². The van der Waals surface area contributed by atoms with Crippen LogP contribution in [-0.2, 0) is 11.2 Å². The molecule has 0 aliphatic carbocycles. The van der Waals surface area contributed by atoms with Gasteiger partial charge >= 0.3 is 0 Å². The zero-order valence-electron chi connectivity index (χ0n) is 12.3. The summed E-state index contributed by atoms with van der Waals surface area (Å²) >= 11 is 2.06. The first-order valence-corrected chi connectivity index (χ1v) is 8.78. The maximum absolute atomic E-state index is 5.72. The molecule has 0 bridgehead atoms. The lowest BCUT2D eigenvalue weighted by molar-refractivity contribution is 0.101. The van der Waals surface area contributed by atoms with Crippen molar-refractivity contribution in [2.75, 3.05) is 13.7 Å². The monoisotopic (exact) mass is 291 g/mol. The van der Waals surface area contributed by atoms with Crippen LogP contribution in [0.25, 0.3) is 0 Å². The van der Waals surface area contributed by atoms with E-state index >= 15 is 0 Å². The summed E-state index contributed by atoms with van der Waals surface area (Å²) in [5.41, 5.74) is 1.53. The van der Waals surface area contributed by atoms with Crippen molar-refractivity contribution in [2.24, 2.45) is 0 Å². The van der Waals surface area contributed by atoms with Crippen LogP contribution in [0.1, 0.15) is 37.7 Å². The van der Waals surface area contributed by atoms with E-state index in [1.54, 1.807) is 0 Å². The maximum Gasteiger partial charge on any atom is 0.0576 e. The van der Waals surface area contributed by atoms with E-state index in [-0.39, 0.29) is 0 Å². The number of thioether (sulfide) groups is 1. The largest absolute Gasteiger partial charge is 0.378 e. The molecule has 3 rings (SSSR count). The van der Waals surface area contributed by atoms with Crippen LogP contribution in [0, 0.1) is 0 Å². The Hall–Kier alpha value is -0.510. The molecule has 2 nitrogen and oxygen atoms in total. The van der Waals surface area contributed by atoms with Crippen LogP contribution in [-0.4, -0.2) is 31.1 Å². The van der Waals surface area contributed by atoms with Gasteiger partial charge in [0.15, 0.2) is 0 Å². The Morgan fingerprint density at radius 2 is 2.30 bits per heavy atom. The fraction of sp³-hybridized carbons (Fsp3) is 0.647. The van der Waals surface area contributed by atoms with Crippen LogP contribution in [0.3, 0.4) is 0 Å². The van der Waals surface area contributed by atoms with Gasteiger partial charge in [-0.25, -0.2) is 0 Å². The van der Waals surface area contributed by atoms with Crippen molar-refractivity contribution < 1.29 is 4.74 Å². The summed E-state index contributed by atoms with van der Waals surface area (Å²) in [6.07, 6.45) is 8.07. The van der Waals surface area contributed by atoms with Crippen molar-refractivity contribution in [2.45, 2.75) is 60.8 Å².